The number of carbonyl (C=O) groups excluding carboxylic acids is 1. The largest absolute Gasteiger partial charge is 0.437 e. The third kappa shape index (κ3) is 6.53. The topological polar surface area (TPSA) is 145 Å². The minimum Gasteiger partial charge on any atom is -0.437 e. The van der Waals surface area contributed by atoms with Crippen LogP contribution in [0.3, 0.4) is 0 Å². The van der Waals surface area contributed by atoms with Gasteiger partial charge in [-0.3, -0.25) is 14.9 Å². The fourth-order valence-electron chi connectivity index (χ4n) is 3.46. The Morgan fingerprint density at radius 2 is 1.92 bits per heavy atom. The zero-order chi connectivity index (χ0) is 28.4. The monoisotopic (exact) mass is 547 g/mol. The molecule has 3 rings (SSSR count). The molecule has 0 aliphatic heterocycles. The quantitative estimate of drug-likeness (QED) is 0.293. The Kier molecular flexibility index (Phi) is 8.22. The third-order valence-corrected chi connectivity index (χ3v) is 7.18. The van der Waals surface area contributed by atoms with Crippen molar-refractivity contribution in [3.63, 3.8) is 0 Å². The lowest BCUT2D eigenvalue weighted by molar-refractivity contribution is -0.385. The van der Waals surface area contributed by atoms with Gasteiger partial charge in [0.25, 0.3) is 11.6 Å². The van der Waals surface area contributed by atoms with Crippen molar-refractivity contribution in [1.29, 1.82) is 0 Å². The van der Waals surface area contributed by atoms with Gasteiger partial charge in [-0.25, -0.2) is 17.5 Å². The molecule has 0 saturated carbocycles. The second-order valence-electron chi connectivity index (χ2n) is 9.80. The predicted molar refractivity (Wildman–Crippen MR) is 139 cm³/mol. The van der Waals surface area contributed by atoms with Crippen LogP contribution in [0.25, 0.3) is 5.69 Å². The highest BCUT2D eigenvalue weighted by molar-refractivity contribution is 7.89. The van der Waals surface area contributed by atoms with Crippen LogP contribution in [0.5, 0.6) is 11.6 Å². The summed E-state index contributed by atoms with van der Waals surface area (Å²) in [7, 11) is -4.30. The molecule has 0 radical (unpaired) electrons. The molecule has 1 atom stereocenters. The van der Waals surface area contributed by atoms with Crippen LogP contribution in [0.2, 0.25) is 0 Å². The highest BCUT2D eigenvalue weighted by Gasteiger charge is 2.30. The number of non-ortho nitro benzene ring substituents is 1. The molecule has 0 bridgehead atoms. The maximum atomic E-state index is 14.1. The minimum atomic E-state index is -4.30. The molecule has 38 heavy (non-hydrogen) atoms. The summed E-state index contributed by atoms with van der Waals surface area (Å²) in [5.41, 5.74) is -0.911. The number of rotatable bonds is 9. The first-order chi connectivity index (χ1) is 17.6. The lowest BCUT2D eigenvalue weighted by Gasteiger charge is -2.21. The van der Waals surface area contributed by atoms with Crippen molar-refractivity contribution in [3.8, 4) is 17.3 Å². The van der Waals surface area contributed by atoms with E-state index in [2.05, 4.69) is 15.1 Å². The number of hydrogen-bond donors (Lipinski definition) is 2. The van der Waals surface area contributed by atoms with Gasteiger partial charge in [0.2, 0.25) is 15.9 Å². The Hall–Kier alpha value is -3.84. The number of nitro benzene ring substituents is 1. The number of hydrogen-bond acceptors (Lipinski definition) is 7. The first kappa shape index (κ1) is 28.7. The highest BCUT2D eigenvalue weighted by atomic mass is 32.2. The smallest absolute Gasteiger partial charge is 0.272 e. The molecule has 0 spiro atoms. The van der Waals surface area contributed by atoms with E-state index in [1.807, 2.05) is 13.8 Å². The SMILES string of the molecule is CC[C@H](C)NC(=O)c1nn(-c2cccc(F)c2)c(Oc2ccc([N+](=O)[O-])cc2S(=O)(=O)NC(C)(C)C)c1C. The van der Waals surface area contributed by atoms with Gasteiger partial charge in [-0.05, 0) is 65.3 Å². The van der Waals surface area contributed by atoms with Gasteiger partial charge in [0, 0.05) is 29.3 Å². The van der Waals surface area contributed by atoms with Crippen molar-refractivity contribution < 1.29 is 27.3 Å². The number of ether oxygens (including phenoxy) is 1. The van der Waals surface area contributed by atoms with Gasteiger partial charge in [-0.1, -0.05) is 13.0 Å². The van der Waals surface area contributed by atoms with Crippen LogP contribution < -0.4 is 14.8 Å². The molecule has 1 aromatic heterocycles. The van der Waals surface area contributed by atoms with Crippen molar-refractivity contribution in [2.75, 3.05) is 0 Å². The van der Waals surface area contributed by atoms with E-state index >= 15 is 0 Å². The summed E-state index contributed by atoms with van der Waals surface area (Å²) in [5.74, 6) is -1.38. The Morgan fingerprint density at radius 3 is 2.50 bits per heavy atom. The molecular formula is C25H30FN5O6S. The summed E-state index contributed by atoms with van der Waals surface area (Å²) in [5, 5.41) is 18.6. The number of sulfonamides is 1. The minimum absolute atomic E-state index is 0.0105. The average molecular weight is 548 g/mol. The maximum Gasteiger partial charge on any atom is 0.272 e. The van der Waals surface area contributed by atoms with E-state index < -0.39 is 42.8 Å². The van der Waals surface area contributed by atoms with Crippen molar-refractivity contribution >= 4 is 21.6 Å². The summed E-state index contributed by atoms with van der Waals surface area (Å²) in [4.78, 5) is 23.2. The number of benzene rings is 2. The van der Waals surface area contributed by atoms with Crippen LogP contribution in [0.1, 0.15) is 57.1 Å². The second kappa shape index (κ2) is 10.9. The van der Waals surface area contributed by atoms with E-state index in [-0.39, 0.29) is 34.6 Å². The van der Waals surface area contributed by atoms with Crippen molar-refractivity contribution in [2.45, 2.75) is 64.4 Å². The Labute approximate surface area is 220 Å². The summed E-state index contributed by atoms with van der Waals surface area (Å²) in [6, 6.07) is 8.36. The van der Waals surface area contributed by atoms with Gasteiger partial charge < -0.3 is 10.1 Å². The van der Waals surface area contributed by atoms with E-state index in [1.165, 1.54) is 28.9 Å². The number of amides is 1. The van der Waals surface area contributed by atoms with Crippen LogP contribution in [-0.2, 0) is 10.0 Å². The molecular weight excluding hydrogens is 517 g/mol. The fraction of sp³-hybridized carbons (Fsp3) is 0.360. The summed E-state index contributed by atoms with van der Waals surface area (Å²) >= 11 is 0. The van der Waals surface area contributed by atoms with E-state index in [4.69, 9.17) is 4.74 Å². The van der Waals surface area contributed by atoms with Crippen LogP contribution >= 0.6 is 0 Å². The van der Waals surface area contributed by atoms with Gasteiger partial charge in [-0.15, -0.1) is 0 Å². The molecule has 2 aromatic carbocycles. The molecule has 1 heterocycles. The Morgan fingerprint density at radius 1 is 1.24 bits per heavy atom. The van der Waals surface area contributed by atoms with Crippen LogP contribution in [0.15, 0.2) is 47.4 Å². The van der Waals surface area contributed by atoms with Gasteiger partial charge in [0.15, 0.2) is 5.69 Å². The molecule has 0 unspecified atom stereocenters. The van der Waals surface area contributed by atoms with Crippen molar-refractivity contribution in [3.05, 3.63) is 69.7 Å². The standard InChI is InChI=1S/C25H30FN5O6S/c1-7-15(2)27-23(32)22-16(3)24(30(28-22)18-10-8-9-17(26)13-18)37-20-12-11-19(31(33)34)14-21(20)38(35,36)29-25(4,5)6/h8-15,29H,7H2,1-6H3,(H,27,32)/t15-/m0/s1. The summed E-state index contributed by atoms with van der Waals surface area (Å²) < 4.78 is 50.2. The lowest BCUT2D eigenvalue weighted by Crippen LogP contribution is -2.40. The zero-order valence-electron chi connectivity index (χ0n) is 21.9. The van der Waals surface area contributed by atoms with Crippen LogP contribution in [-0.4, -0.2) is 40.6 Å². The number of aromatic nitrogens is 2. The molecule has 11 nitrogen and oxygen atoms in total. The molecule has 0 fully saturated rings. The molecule has 204 valence electrons. The van der Waals surface area contributed by atoms with Gasteiger partial charge in [0.05, 0.1) is 10.6 Å². The van der Waals surface area contributed by atoms with Crippen molar-refractivity contribution in [2.24, 2.45) is 0 Å². The van der Waals surface area contributed by atoms with Crippen LogP contribution in [0, 0.1) is 22.9 Å². The molecule has 0 aliphatic rings. The number of nitrogens with zero attached hydrogens (tertiary/aromatic N) is 3. The van der Waals surface area contributed by atoms with Gasteiger partial charge in [0.1, 0.15) is 16.5 Å². The summed E-state index contributed by atoms with van der Waals surface area (Å²) in [6.45, 7) is 10.1. The van der Waals surface area contributed by atoms with E-state index in [0.717, 1.165) is 18.2 Å². The number of halogens is 1. The average Bonchev–Trinajstić information content (AvgIpc) is 3.13. The molecule has 0 saturated heterocycles. The van der Waals surface area contributed by atoms with E-state index in [1.54, 1.807) is 27.7 Å². The number of carbonyl (C=O) groups is 1. The molecule has 0 aliphatic carbocycles. The predicted octanol–water partition coefficient (Wildman–Crippen LogP) is 4.63. The summed E-state index contributed by atoms with van der Waals surface area (Å²) in [6.07, 6.45) is 0.670. The van der Waals surface area contributed by atoms with E-state index in [9.17, 15) is 27.7 Å². The molecule has 2 N–H and O–H groups in total. The number of nitrogens with one attached hydrogen (secondary N) is 2. The van der Waals surface area contributed by atoms with Gasteiger partial charge in [-0.2, -0.15) is 9.78 Å². The Bertz CT molecular complexity index is 1480. The first-order valence-corrected chi connectivity index (χ1v) is 13.3. The van der Waals surface area contributed by atoms with Crippen LogP contribution in [0.4, 0.5) is 10.1 Å². The fourth-order valence-corrected chi connectivity index (χ4v) is 5.03. The normalized spacial score (nSPS) is 12.7. The zero-order valence-corrected chi connectivity index (χ0v) is 22.7. The van der Waals surface area contributed by atoms with Gasteiger partial charge >= 0.3 is 0 Å². The highest BCUT2D eigenvalue weighted by Crippen LogP contribution is 2.36. The molecule has 3 aromatic rings. The lowest BCUT2D eigenvalue weighted by atomic mass is 10.1. The second-order valence-corrected chi connectivity index (χ2v) is 11.4. The third-order valence-electron chi connectivity index (χ3n) is 5.40. The van der Waals surface area contributed by atoms with Crippen molar-refractivity contribution in [1.82, 2.24) is 19.8 Å². The Balaban J connectivity index is 2.22. The first-order valence-electron chi connectivity index (χ1n) is 11.8. The molecule has 1 amide bonds. The van der Waals surface area contributed by atoms with E-state index in [0.29, 0.717) is 6.42 Å². The number of nitro groups is 1. The molecule has 13 heteroatoms. The maximum absolute atomic E-state index is 14.1.